The van der Waals surface area contributed by atoms with Crippen LogP contribution in [0.25, 0.3) is 0 Å². The van der Waals surface area contributed by atoms with Crippen LogP contribution in [0.1, 0.15) is 46.5 Å². The number of rotatable bonds is 6. The fraction of sp³-hybridized carbons (Fsp3) is 0.867. The number of nitrogens with one attached hydrogen (secondary N) is 1. The summed E-state index contributed by atoms with van der Waals surface area (Å²) < 4.78 is 0. The average Bonchev–Trinajstić information content (AvgIpc) is 2.94. The van der Waals surface area contributed by atoms with Gasteiger partial charge in [-0.1, -0.05) is 13.8 Å². The molecule has 1 amide bonds. The summed E-state index contributed by atoms with van der Waals surface area (Å²) >= 11 is 0. The molecule has 2 aliphatic heterocycles. The molecule has 5 nitrogen and oxygen atoms in total. The van der Waals surface area contributed by atoms with E-state index in [0.29, 0.717) is 18.9 Å². The molecule has 2 N–H and O–H groups in total. The summed E-state index contributed by atoms with van der Waals surface area (Å²) in [5.74, 6) is -0.396. The van der Waals surface area contributed by atoms with Crippen molar-refractivity contribution in [3.63, 3.8) is 0 Å². The highest BCUT2D eigenvalue weighted by Gasteiger charge is 2.51. The highest BCUT2D eigenvalue weighted by Crippen LogP contribution is 2.43. The lowest BCUT2D eigenvalue weighted by Crippen LogP contribution is -2.48. The first kappa shape index (κ1) is 15.3. The van der Waals surface area contributed by atoms with Gasteiger partial charge in [0.1, 0.15) is 0 Å². The number of fused-ring (bicyclic) bond motifs is 2. The minimum Gasteiger partial charge on any atom is -0.481 e. The van der Waals surface area contributed by atoms with Crippen molar-refractivity contribution in [1.82, 2.24) is 10.2 Å². The van der Waals surface area contributed by atoms with E-state index in [-0.39, 0.29) is 30.0 Å². The number of aliphatic carboxylic acids is 1. The van der Waals surface area contributed by atoms with Gasteiger partial charge < -0.3 is 10.4 Å². The van der Waals surface area contributed by atoms with Crippen LogP contribution in [0.5, 0.6) is 0 Å². The van der Waals surface area contributed by atoms with E-state index < -0.39 is 5.97 Å². The molecule has 0 aromatic rings. The molecule has 2 heterocycles. The van der Waals surface area contributed by atoms with Crippen LogP contribution in [-0.2, 0) is 9.59 Å². The summed E-state index contributed by atoms with van der Waals surface area (Å²) in [4.78, 5) is 25.6. The third-order valence-corrected chi connectivity index (χ3v) is 4.76. The molecule has 2 saturated heterocycles. The normalized spacial score (nSPS) is 30.7. The van der Waals surface area contributed by atoms with Crippen molar-refractivity contribution in [2.45, 2.75) is 64.6 Å². The zero-order chi connectivity index (χ0) is 14.9. The number of carboxylic acid groups (broad SMARTS) is 1. The van der Waals surface area contributed by atoms with E-state index in [0.717, 1.165) is 19.3 Å². The van der Waals surface area contributed by atoms with Gasteiger partial charge in [-0.2, -0.15) is 0 Å². The van der Waals surface area contributed by atoms with E-state index in [4.69, 9.17) is 0 Å². The fourth-order valence-electron chi connectivity index (χ4n) is 3.67. The van der Waals surface area contributed by atoms with Crippen LogP contribution in [0.3, 0.4) is 0 Å². The predicted molar refractivity (Wildman–Crippen MR) is 76.3 cm³/mol. The molecule has 0 aromatic heterocycles. The number of carbonyl (C=O) groups excluding carboxylic acids is 1. The van der Waals surface area contributed by atoms with E-state index in [1.54, 1.807) is 0 Å². The number of hydrogen-bond acceptors (Lipinski definition) is 3. The standard InChI is InChI=1S/C15H26N2O3/c1-9(2)6-7-16-14(18)10(3)17-11-4-5-13(17)12(8-11)15(19)20/h9-13H,4-8H2,1-3H3,(H,16,18)(H,19,20). The molecule has 4 atom stereocenters. The van der Waals surface area contributed by atoms with E-state index in [9.17, 15) is 14.7 Å². The summed E-state index contributed by atoms with van der Waals surface area (Å²) in [5.41, 5.74) is 0. The van der Waals surface area contributed by atoms with E-state index in [1.165, 1.54) is 0 Å². The van der Waals surface area contributed by atoms with Crippen LogP contribution in [0.4, 0.5) is 0 Å². The molecule has 2 fully saturated rings. The zero-order valence-corrected chi connectivity index (χ0v) is 12.6. The summed E-state index contributed by atoms with van der Waals surface area (Å²) in [6, 6.07) is 0.0966. The van der Waals surface area contributed by atoms with Crippen molar-refractivity contribution in [3.8, 4) is 0 Å². The molecule has 2 aliphatic rings. The van der Waals surface area contributed by atoms with Gasteiger partial charge in [0.25, 0.3) is 0 Å². The van der Waals surface area contributed by atoms with Crippen LogP contribution in [0.15, 0.2) is 0 Å². The van der Waals surface area contributed by atoms with Crippen LogP contribution in [-0.4, -0.2) is 46.6 Å². The molecule has 2 rings (SSSR count). The van der Waals surface area contributed by atoms with Gasteiger partial charge in [0, 0.05) is 18.6 Å². The van der Waals surface area contributed by atoms with E-state index in [2.05, 4.69) is 24.1 Å². The second-order valence-electron chi connectivity index (χ2n) is 6.58. The molecule has 2 bridgehead atoms. The largest absolute Gasteiger partial charge is 0.481 e. The van der Waals surface area contributed by atoms with Crippen LogP contribution in [0, 0.1) is 11.8 Å². The van der Waals surface area contributed by atoms with Crippen molar-refractivity contribution in [2.75, 3.05) is 6.54 Å². The summed E-state index contributed by atoms with van der Waals surface area (Å²) in [6.45, 7) is 6.87. The molecule has 5 heteroatoms. The highest BCUT2D eigenvalue weighted by molar-refractivity contribution is 5.82. The highest BCUT2D eigenvalue weighted by atomic mass is 16.4. The minimum atomic E-state index is -0.713. The Kier molecular flexibility index (Phi) is 4.68. The Bertz CT molecular complexity index is 383. The van der Waals surface area contributed by atoms with Gasteiger partial charge in [-0.05, 0) is 38.5 Å². The summed E-state index contributed by atoms with van der Waals surface area (Å²) in [6.07, 6.45) is 3.61. The van der Waals surface area contributed by atoms with Crippen LogP contribution < -0.4 is 5.32 Å². The lowest BCUT2D eigenvalue weighted by molar-refractivity contribution is -0.143. The molecule has 20 heavy (non-hydrogen) atoms. The molecule has 114 valence electrons. The second-order valence-corrected chi connectivity index (χ2v) is 6.58. The lowest BCUT2D eigenvalue weighted by Gasteiger charge is -2.28. The maximum absolute atomic E-state index is 12.2. The number of nitrogens with zero attached hydrogens (tertiary/aromatic N) is 1. The first-order valence-electron chi connectivity index (χ1n) is 7.69. The second kappa shape index (κ2) is 6.12. The number of carbonyl (C=O) groups is 2. The average molecular weight is 282 g/mol. The van der Waals surface area contributed by atoms with Gasteiger partial charge >= 0.3 is 5.97 Å². The molecule has 0 spiro atoms. The topological polar surface area (TPSA) is 69.6 Å². The smallest absolute Gasteiger partial charge is 0.308 e. The number of amides is 1. The fourth-order valence-corrected chi connectivity index (χ4v) is 3.67. The van der Waals surface area contributed by atoms with Crippen molar-refractivity contribution in [1.29, 1.82) is 0 Å². The SMILES string of the molecule is CC(C)CCNC(=O)C(C)N1C2CCC1C(C(=O)O)C2. The summed E-state index contributed by atoms with van der Waals surface area (Å²) in [7, 11) is 0. The molecule has 0 saturated carbocycles. The molecular formula is C15H26N2O3. The van der Waals surface area contributed by atoms with Crippen molar-refractivity contribution >= 4 is 11.9 Å². The van der Waals surface area contributed by atoms with Gasteiger partial charge in [-0.3, -0.25) is 14.5 Å². The number of hydrogen-bond donors (Lipinski definition) is 2. The first-order valence-corrected chi connectivity index (χ1v) is 7.69. The third-order valence-electron chi connectivity index (χ3n) is 4.76. The Morgan fingerprint density at radius 1 is 1.30 bits per heavy atom. The molecular weight excluding hydrogens is 256 g/mol. The monoisotopic (exact) mass is 282 g/mol. The lowest BCUT2D eigenvalue weighted by atomic mass is 9.89. The van der Waals surface area contributed by atoms with Crippen molar-refractivity contribution in [3.05, 3.63) is 0 Å². The quantitative estimate of drug-likeness (QED) is 0.774. The molecule has 0 aromatic carbocycles. The maximum Gasteiger partial charge on any atom is 0.308 e. The summed E-state index contributed by atoms with van der Waals surface area (Å²) in [5, 5.41) is 12.2. The maximum atomic E-state index is 12.2. The Labute approximate surface area is 120 Å². The Morgan fingerprint density at radius 3 is 2.55 bits per heavy atom. The van der Waals surface area contributed by atoms with Crippen molar-refractivity contribution < 1.29 is 14.7 Å². The van der Waals surface area contributed by atoms with Crippen molar-refractivity contribution in [2.24, 2.45) is 11.8 Å². The Hall–Kier alpha value is -1.10. The third kappa shape index (κ3) is 2.97. The Morgan fingerprint density at radius 2 is 2.00 bits per heavy atom. The molecule has 4 unspecified atom stereocenters. The predicted octanol–water partition coefficient (Wildman–Crippen LogP) is 1.47. The van der Waals surface area contributed by atoms with Gasteiger partial charge in [-0.15, -0.1) is 0 Å². The zero-order valence-electron chi connectivity index (χ0n) is 12.6. The van der Waals surface area contributed by atoms with Crippen LogP contribution >= 0.6 is 0 Å². The first-order chi connectivity index (χ1) is 9.41. The number of carboxylic acids is 1. The van der Waals surface area contributed by atoms with Crippen LogP contribution in [0.2, 0.25) is 0 Å². The van der Waals surface area contributed by atoms with Gasteiger partial charge in [0.2, 0.25) is 5.91 Å². The van der Waals surface area contributed by atoms with Gasteiger partial charge in [0.15, 0.2) is 0 Å². The van der Waals surface area contributed by atoms with Gasteiger partial charge in [-0.25, -0.2) is 0 Å². The van der Waals surface area contributed by atoms with Gasteiger partial charge in [0.05, 0.1) is 12.0 Å². The van der Waals surface area contributed by atoms with E-state index in [1.807, 2.05) is 6.92 Å². The Balaban J connectivity index is 1.91. The minimum absolute atomic E-state index is 0.0357. The van der Waals surface area contributed by atoms with E-state index >= 15 is 0 Å². The molecule has 0 radical (unpaired) electrons. The molecule has 0 aliphatic carbocycles.